The molecule has 106 valence electrons. The highest BCUT2D eigenvalue weighted by molar-refractivity contribution is 7.15. The lowest BCUT2D eigenvalue weighted by Gasteiger charge is -2.03. The van der Waals surface area contributed by atoms with Crippen molar-refractivity contribution in [3.05, 3.63) is 40.4 Å². The van der Waals surface area contributed by atoms with Gasteiger partial charge in [0.2, 0.25) is 5.13 Å². The molecular weight excluding hydrogens is 274 g/mol. The third-order valence-electron chi connectivity index (χ3n) is 2.68. The summed E-state index contributed by atoms with van der Waals surface area (Å²) in [5, 5.41) is 12.2. The first-order chi connectivity index (χ1) is 9.72. The molecule has 0 bridgehead atoms. The Bertz CT molecular complexity index is 566. The Kier molecular flexibility index (Phi) is 5.20. The van der Waals surface area contributed by atoms with E-state index >= 15 is 0 Å². The van der Waals surface area contributed by atoms with E-state index in [4.69, 9.17) is 4.74 Å². The smallest absolute Gasteiger partial charge is 0.257 e. The summed E-state index contributed by atoms with van der Waals surface area (Å²) < 4.78 is 5.03. The summed E-state index contributed by atoms with van der Waals surface area (Å²) >= 11 is 1.42. The molecule has 6 heteroatoms. The van der Waals surface area contributed by atoms with Crippen molar-refractivity contribution in [1.82, 2.24) is 10.2 Å². The Labute approximate surface area is 122 Å². The van der Waals surface area contributed by atoms with Crippen LogP contribution in [0.15, 0.2) is 24.3 Å². The van der Waals surface area contributed by atoms with Crippen LogP contribution in [0, 0.1) is 0 Å². The highest BCUT2D eigenvalue weighted by Crippen LogP contribution is 2.17. The van der Waals surface area contributed by atoms with Crippen molar-refractivity contribution in [3.8, 4) is 0 Å². The van der Waals surface area contributed by atoms with Gasteiger partial charge in [-0.15, -0.1) is 10.2 Å². The van der Waals surface area contributed by atoms with E-state index in [-0.39, 0.29) is 5.91 Å². The van der Waals surface area contributed by atoms with Gasteiger partial charge in [-0.1, -0.05) is 30.4 Å². The minimum Gasteiger partial charge on any atom is -0.380 e. The molecule has 2 aromatic rings. The second-order valence-corrected chi connectivity index (χ2v) is 5.40. The summed E-state index contributed by atoms with van der Waals surface area (Å²) in [6.45, 7) is 2.62. The molecule has 0 aliphatic carbocycles. The minimum absolute atomic E-state index is 0.173. The highest BCUT2D eigenvalue weighted by Gasteiger charge is 2.09. The second-order valence-electron chi connectivity index (χ2n) is 4.34. The zero-order valence-corrected chi connectivity index (χ0v) is 12.4. The number of carbonyl (C=O) groups excluding carboxylic acids is 1. The van der Waals surface area contributed by atoms with Gasteiger partial charge >= 0.3 is 0 Å². The number of nitrogens with one attached hydrogen (secondary N) is 1. The van der Waals surface area contributed by atoms with E-state index < -0.39 is 0 Å². The molecule has 0 radical (unpaired) electrons. The Morgan fingerprint density at radius 1 is 1.30 bits per heavy atom. The first-order valence-corrected chi connectivity index (χ1v) is 7.26. The molecular formula is C14H17N3O2S. The number of ether oxygens (including phenoxy) is 1. The zero-order chi connectivity index (χ0) is 14.4. The van der Waals surface area contributed by atoms with E-state index in [1.807, 2.05) is 12.1 Å². The van der Waals surface area contributed by atoms with E-state index in [1.165, 1.54) is 11.3 Å². The van der Waals surface area contributed by atoms with Gasteiger partial charge in [0.05, 0.1) is 6.61 Å². The summed E-state index contributed by atoms with van der Waals surface area (Å²) in [7, 11) is 1.64. The molecule has 0 unspecified atom stereocenters. The van der Waals surface area contributed by atoms with Crippen molar-refractivity contribution >= 4 is 22.4 Å². The number of methoxy groups -OCH3 is 1. The zero-order valence-electron chi connectivity index (χ0n) is 11.5. The number of aryl methyl sites for hydroxylation is 1. The van der Waals surface area contributed by atoms with Crippen LogP contribution in [0.4, 0.5) is 5.13 Å². The van der Waals surface area contributed by atoms with Crippen molar-refractivity contribution in [2.24, 2.45) is 0 Å². The van der Waals surface area contributed by atoms with Crippen molar-refractivity contribution < 1.29 is 9.53 Å². The highest BCUT2D eigenvalue weighted by atomic mass is 32.1. The maximum Gasteiger partial charge on any atom is 0.257 e. The first-order valence-electron chi connectivity index (χ1n) is 6.44. The van der Waals surface area contributed by atoms with Crippen molar-refractivity contribution in [2.45, 2.75) is 26.4 Å². The molecule has 0 spiro atoms. The molecule has 0 aliphatic heterocycles. The minimum atomic E-state index is -0.173. The number of amides is 1. The van der Waals surface area contributed by atoms with Crippen molar-refractivity contribution in [2.75, 3.05) is 12.4 Å². The maximum absolute atomic E-state index is 12.0. The van der Waals surface area contributed by atoms with Gasteiger partial charge in [0.15, 0.2) is 0 Å². The fourth-order valence-corrected chi connectivity index (χ4v) is 2.54. The molecule has 20 heavy (non-hydrogen) atoms. The number of carbonyl (C=O) groups is 1. The summed E-state index contributed by atoms with van der Waals surface area (Å²) in [5.74, 6) is -0.173. The third-order valence-corrected chi connectivity index (χ3v) is 3.58. The Morgan fingerprint density at radius 3 is 2.70 bits per heavy atom. The Hall–Kier alpha value is -1.79. The van der Waals surface area contributed by atoms with Crippen LogP contribution in [0.2, 0.25) is 0 Å². The average molecular weight is 291 g/mol. The van der Waals surface area contributed by atoms with E-state index in [1.54, 1.807) is 19.2 Å². The molecule has 0 saturated carbocycles. The molecule has 0 atom stereocenters. The van der Waals surface area contributed by atoms with Gasteiger partial charge in [-0.25, -0.2) is 0 Å². The van der Waals surface area contributed by atoms with Gasteiger partial charge in [-0.05, 0) is 24.1 Å². The van der Waals surface area contributed by atoms with Crippen LogP contribution >= 0.6 is 11.3 Å². The van der Waals surface area contributed by atoms with Gasteiger partial charge in [-0.2, -0.15) is 0 Å². The molecule has 0 fully saturated rings. The molecule has 1 aromatic heterocycles. The molecule has 0 aliphatic rings. The topological polar surface area (TPSA) is 64.1 Å². The number of rotatable bonds is 6. The quantitative estimate of drug-likeness (QED) is 0.889. The van der Waals surface area contributed by atoms with Crippen LogP contribution in [0.25, 0.3) is 0 Å². The monoisotopic (exact) mass is 291 g/mol. The fraction of sp³-hybridized carbons (Fsp3) is 0.357. The second kappa shape index (κ2) is 7.12. The van der Waals surface area contributed by atoms with Gasteiger partial charge in [0.25, 0.3) is 5.91 Å². The van der Waals surface area contributed by atoms with E-state index in [0.717, 1.165) is 23.4 Å². The van der Waals surface area contributed by atoms with Gasteiger partial charge < -0.3 is 4.74 Å². The van der Waals surface area contributed by atoms with E-state index in [2.05, 4.69) is 22.4 Å². The fourth-order valence-electron chi connectivity index (χ4n) is 1.71. The number of nitrogens with zero attached hydrogens (tertiary/aromatic N) is 2. The molecule has 1 aromatic carbocycles. The number of anilines is 1. The molecule has 0 saturated heterocycles. The average Bonchev–Trinajstić information content (AvgIpc) is 2.88. The predicted molar refractivity (Wildman–Crippen MR) is 79.0 cm³/mol. The van der Waals surface area contributed by atoms with Crippen LogP contribution in [0.5, 0.6) is 0 Å². The molecule has 1 amide bonds. The van der Waals surface area contributed by atoms with Crippen LogP contribution in [0.1, 0.15) is 34.3 Å². The standard InChI is InChI=1S/C14H17N3O2S/c1-3-4-12-16-17-14(20-12)15-13(18)11-7-5-10(6-8-11)9-19-2/h5-8H,3-4,9H2,1-2H3,(H,15,17,18). The maximum atomic E-state index is 12.0. The number of hydrogen-bond acceptors (Lipinski definition) is 5. The number of aromatic nitrogens is 2. The van der Waals surface area contributed by atoms with Crippen LogP contribution in [-0.4, -0.2) is 23.2 Å². The Balaban J connectivity index is 1.99. The van der Waals surface area contributed by atoms with Gasteiger partial charge in [0.1, 0.15) is 5.01 Å². The van der Waals surface area contributed by atoms with Crippen LogP contribution < -0.4 is 5.32 Å². The summed E-state index contributed by atoms with van der Waals surface area (Å²) in [4.78, 5) is 12.0. The number of hydrogen-bond donors (Lipinski definition) is 1. The van der Waals surface area contributed by atoms with Crippen molar-refractivity contribution in [3.63, 3.8) is 0 Å². The SMILES string of the molecule is CCCc1nnc(NC(=O)c2ccc(COC)cc2)s1. The lowest BCUT2D eigenvalue weighted by Crippen LogP contribution is -2.11. The summed E-state index contributed by atoms with van der Waals surface area (Å²) in [6, 6.07) is 7.30. The number of benzene rings is 1. The van der Waals surface area contributed by atoms with Crippen LogP contribution in [-0.2, 0) is 17.8 Å². The first kappa shape index (κ1) is 14.6. The van der Waals surface area contributed by atoms with E-state index in [9.17, 15) is 4.79 Å². The van der Waals surface area contributed by atoms with E-state index in [0.29, 0.717) is 17.3 Å². The van der Waals surface area contributed by atoms with Crippen molar-refractivity contribution in [1.29, 1.82) is 0 Å². The third kappa shape index (κ3) is 3.85. The molecule has 5 nitrogen and oxygen atoms in total. The summed E-state index contributed by atoms with van der Waals surface area (Å²) in [6.07, 6.45) is 1.91. The molecule has 2 rings (SSSR count). The molecule has 1 heterocycles. The van der Waals surface area contributed by atoms with Gasteiger partial charge in [0, 0.05) is 19.1 Å². The lowest BCUT2D eigenvalue weighted by atomic mass is 10.1. The normalized spacial score (nSPS) is 10.5. The lowest BCUT2D eigenvalue weighted by molar-refractivity contribution is 0.102. The largest absolute Gasteiger partial charge is 0.380 e. The summed E-state index contributed by atoms with van der Waals surface area (Å²) in [5.41, 5.74) is 1.63. The van der Waals surface area contributed by atoms with Crippen LogP contribution in [0.3, 0.4) is 0 Å². The van der Waals surface area contributed by atoms with Gasteiger partial charge in [-0.3, -0.25) is 10.1 Å². The molecule has 1 N–H and O–H groups in total. The predicted octanol–water partition coefficient (Wildman–Crippen LogP) is 2.89. The Morgan fingerprint density at radius 2 is 2.05 bits per heavy atom.